The Morgan fingerprint density at radius 2 is 1.00 bits per heavy atom. The van der Waals surface area contributed by atoms with E-state index in [0.29, 0.717) is 0 Å². The first-order chi connectivity index (χ1) is 19.3. The van der Waals surface area contributed by atoms with Gasteiger partial charge < -0.3 is 0 Å². The highest BCUT2D eigenvalue weighted by Crippen LogP contribution is 2.38. The van der Waals surface area contributed by atoms with Crippen LogP contribution in [0.25, 0.3) is 70.8 Å². The second-order valence-corrected chi connectivity index (χ2v) is 10.1. The molecule has 182 valence electrons. The lowest BCUT2D eigenvalue weighted by molar-refractivity contribution is 1.06. The fraction of sp³-hybridized carbons (Fsp3) is 0. The molecule has 7 aromatic carbocycles. The summed E-state index contributed by atoms with van der Waals surface area (Å²) in [6, 6.07) is 48.4. The average Bonchev–Trinajstić information content (AvgIpc) is 3.00. The molecule has 39 heavy (non-hydrogen) atoms. The van der Waals surface area contributed by atoms with Gasteiger partial charge in [-0.2, -0.15) is 0 Å². The maximum atomic E-state index is 14.1. The third-order valence-electron chi connectivity index (χ3n) is 7.97. The van der Waals surface area contributed by atoms with Crippen molar-refractivity contribution in [3.8, 4) is 16.8 Å². The standard InChI is InChI=1S/C37H23NO/c39-37-33-15-4-3-12-29(33)32-14-6-8-19-36(32)38(37)35-18-7-5-13-31(35)27-16-9-17-28-30(27)21-20-26-22-24-10-1-2-11-25(24)23-34(26)28/h1-23H. The molecule has 1 aromatic heterocycles. The summed E-state index contributed by atoms with van der Waals surface area (Å²) in [4.78, 5) is 14.1. The van der Waals surface area contributed by atoms with Crippen LogP contribution in [0.3, 0.4) is 0 Å². The van der Waals surface area contributed by atoms with E-state index in [0.717, 1.165) is 38.5 Å². The predicted octanol–water partition coefficient (Wildman–Crippen LogP) is 9.27. The zero-order chi connectivity index (χ0) is 25.9. The van der Waals surface area contributed by atoms with E-state index in [4.69, 9.17) is 0 Å². The maximum absolute atomic E-state index is 14.1. The Hall–Kier alpha value is -5.21. The highest BCUT2D eigenvalue weighted by atomic mass is 16.1. The van der Waals surface area contributed by atoms with Gasteiger partial charge in [-0.05, 0) is 73.6 Å². The second-order valence-electron chi connectivity index (χ2n) is 10.1. The molecule has 0 aliphatic rings. The summed E-state index contributed by atoms with van der Waals surface area (Å²) in [7, 11) is 0. The molecule has 0 fully saturated rings. The smallest absolute Gasteiger partial charge is 0.263 e. The van der Waals surface area contributed by atoms with E-state index >= 15 is 0 Å². The number of nitrogens with zero attached hydrogens (tertiary/aromatic N) is 1. The van der Waals surface area contributed by atoms with Crippen molar-refractivity contribution in [2.24, 2.45) is 0 Å². The molecule has 0 spiro atoms. The molecule has 0 amide bonds. The molecular formula is C37H23NO. The molecule has 2 nitrogen and oxygen atoms in total. The van der Waals surface area contributed by atoms with Gasteiger partial charge >= 0.3 is 0 Å². The lowest BCUT2D eigenvalue weighted by atomic mass is 9.92. The predicted molar refractivity (Wildman–Crippen MR) is 165 cm³/mol. The Morgan fingerprint density at radius 1 is 0.385 bits per heavy atom. The molecule has 0 bridgehead atoms. The number of benzene rings is 7. The normalized spacial score (nSPS) is 11.7. The minimum Gasteiger partial charge on any atom is -0.276 e. The lowest BCUT2D eigenvalue weighted by Crippen LogP contribution is -2.19. The van der Waals surface area contributed by atoms with Gasteiger partial charge in [-0.3, -0.25) is 9.36 Å². The topological polar surface area (TPSA) is 22.0 Å². The SMILES string of the molecule is O=c1c2ccccc2c2ccccc2n1-c1ccccc1-c1cccc2c1ccc1cc3ccccc3cc12. The summed E-state index contributed by atoms with van der Waals surface area (Å²) in [5.41, 5.74) is 3.93. The Kier molecular flexibility index (Phi) is 4.71. The number of pyridine rings is 1. The number of para-hydroxylation sites is 2. The Balaban J connectivity index is 1.46. The first-order valence-corrected chi connectivity index (χ1v) is 13.2. The van der Waals surface area contributed by atoms with E-state index in [1.807, 2.05) is 53.1 Å². The molecule has 1 heterocycles. The van der Waals surface area contributed by atoms with Gasteiger partial charge in [0.15, 0.2) is 0 Å². The van der Waals surface area contributed by atoms with Gasteiger partial charge in [0.05, 0.1) is 11.2 Å². The van der Waals surface area contributed by atoms with E-state index in [9.17, 15) is 4.79 Å². The molecule has 0 atom stereocenters. The van der Waals surface area contributed by atoms with Gasteiger partial charge in [-0.15, -0.1) is 0 Å². The summed E-state index contributed by atoms with van der Waals surface area (Å²) >= 11 is 0. The minimum absolute atomic E-state index is 0.00564. The third kappa shape index (κ3) is 3.25. The summed E-state index contributed by atoms with van der Waals surface area (Å²) < 4.78 is 1.89. The summed E-state index contributed by atoms with van der Waals surface area (Å²) in [5, 5.41) is 10.1. The average molecular weight is 498 g/mol. The first-order valence-electron chi connectivity index (χ1n) is 13.2. The van der Waals surface area contributed by atoms with Gasteiger partial charge in [0, 0.05) is 16.3 Å². The molecule has 0 N–H and O–H groups in total. The fourth-order valence-electron chi connectivity index (χ4n) is 6.18. The molecule has 0 saturated carbocycles. The van der Waals surface area contributed by atoms with Crippen molar-refractivity contribution < 1.29 is 0 Å². The lowest BCUT2D eigenvalue weighted by Gasteiger charge is -2.18. The molecule has 0 aliphatic carbocycles. The zero-order valence-electron chi connectivity index (χ0n) is 21.1. The highest BCUT2D eigenvalue weighted by molar-refractivity contribution is 6.16. The summed E-state index contributed by atoms with van der Waals surface area (Å²) in [5.74, 6) is 0. The molecule has 0 aliphatic heterocycles. The molecule has 0 radical (unpaired) electrons. The number of rotatable bonds is 2. The quantitative estimate of drug-likeness (QED) is 0.172. The van der Waals surface area contributed by atoms with E-state index in [1.165, 1.54) is 32.3 Å². The van der Waals surface area contributed by atoms with E-state index < -0.39 is 0 Å². The summed E-state index contributed by atoms with van der Waals surface area (Å²) in [6.07, 6.45) is 0. The third-order valence-corrected chi connectivity index (χ3v) is 7.97. The van der Waals surface area contributed by atoms with Crippen LogP contribution < -0.4 is 5.56 Å². The highest BCUT2D eigenvalue weighted by Gasteiger charge is 2.16. The van der Waals surface area contributed by atoms with Gasteiger partial charge in [0.25, 0.3) is 5.56 Å². The van der Waals surface area contributed by atoms with Gasteiger partial charge in [0.2, 0.25) is 0 Å². The van der Waals surface area contributed by atoms with Crippen LogP contribution in [-0.2, 0) is 0 Å². The van der Waals surface area contributed by atoms with Gasteiger partial charge in [-0.25, -0.2) is 0 Å². The van der Waals surface area contributed by atoms with E-state index in [2.05, 4.69) is 91.0 Å². The largest absolute Gasteiger partial charge is 0.276 e. The van der Waals surface area contributed by atoms with Crippen molar-refractivity contribution in [3.63, 3.8) is 0 Å². The molecule has 8 rings (SSSR count). The molecule has 0 saturated heterocycles. The molecule has 8 aromatic rings. The number of fused-ring (bicyclic) bond motifs is 7. The Bertz CT molecular complexity index is 2310. The van der Waals surface area contributed by atoms with Crippen LogP contribution in [0.5, 0.6) is 0 Å². The van der Waals surface area contributed by atoms with Crippen molar-refractivity contribution in [1.82, 2.24) is 4.57 Å². The van der Waals surface area contributed by atoms with Crippen LogP contribution in [0.1, 0.15) is 0 Å². The van der Waals surface area contributed by atoms with Crippen LogP contribution in [-0.4, -0.2) is 4.57 Å². The van der Waals surface area contributed by atoms with Crippen molar-refractivity contribution in [2.75, 3.05) is 0 Å². The summed E-state index contributed by atoms with van der Waals surface area (Å²) in [6.45, 7) is 0. The molecule has 0 unspecified atom stereocenters. The molecular weight excluding hydrogens is 474 g/mol. The van der Waals surface area contributed by atoms with Crippen molar-refractivity contribution >= 4 is 54.0 Å². The monoisotopic (exact) mass is 497 g/mol. The van der Waals surface area contributed by atoms with E-state index in [-0.39, 0.29) is 5.56 Å². The van der Waals surface area contributed by atoms with Crippen LogP contribution >= 0.6 is 0 Å². The van der Waals surface area contributed by atoms with Crippen molar-refractivity contribution in [2.45, 2.75) is 0 Å². The fourth-order valence-corrected chi connectivity index (χ4v) is 6.18. The Morgan fingerprint density at radius 3 is 1.87 bits per heavy atom. The first kappa shape index (κ1) is 21.8. The second kappa shape index (κ2) is 8.41. The van der Waals surface area contributed by atoms with Crippen LogP contribution in [0.4, 0.5) is 0 Å². The van der Waals surface area contributed by atoms with Crippen LogP contribution in [0.15, 0.2) is 144 Å². The molecule has 2 heteroatoms. The maximum Gasteiger partial charge on any atom is 0.263 e. The number of aromatic nitrogens is 1. The zero-order valence-corrected chi connectivity index (χ0v) is 21.1. The number of hydrogen-bond donors (Lipinski definition) is 0. The number of hydrogen-bond acceptors (Lipinski definition) is 1. The van der Waals surface area contributed by atoms with Crippen molar-refractivity contribution in [1.29, 1.82) is 0 Å². The Labute approximate surface area is 225 Å². The van der Waals surface area contributed by atoms with Crippen LogP contribution in [0, 0.1) is 0 Å². The van der Waals surface area contributed by atoms with Crippen molar-refractivity contribution in [3.05, 3.63) is 150 Å². The van der Waals surface area contributed by atoms with Gasteiger partial charge in [0.1, 0.15) is 0 Å². The minimum atomic E-state index is -0.00564. The van der Waals surface area contributed by atoms with Gasteiger partial charge in [-0.1, -0.05) is 109 Å². The van der Waals surface area contributed by atoms with E-state index in [1.54, 1.807) is 0 Å². The van der Waals surface area contributed by atoms with Crippen LogP contribution in [0.2, 0.25) is 0 Å².